The Morgan fingerprint density at radius 1 is 1.71 bits per heavy atom. The fourth-order valence-electron chi connectivity index (χ4n) is 1.20. The molecule has 5 nitrogen and oxygen atoms in total. The van der Waals surface area contributed by atoms with E-state index in [1.54, 1.807) is 11.8 Å². The molecule has 0 aromatic rings. The summed E-state index contributed by atoms with van der Waals surface area (Å²) >= 11 is 1.54. The van der Waals surface area contributed by atoms with Gasteiger partial charge >= 0.3 is 0 Å². The number of hydrogen-bond donors (Lipinski definition) is 1. The van der Waals surface area contributed by atoms with Crippen molar-refractivity contribution in [3.8, 4) is 0 Å². The molecular weight excluding hydrogens is 202 g/mol. The summed E-state index contributed by atoms with van der Waals surface area (Å²) in [6, 6.07) is 0. The van der Waals surface area contributed by atoms with Crippen LogP contribution in [0.15, 0.2) is 10.7 Å². The van der Waals surface area contributed by atoms with Gasteiger partial charge in [0.1, 0.15) is 5.03 Å². The Morgan fingerprint density at radius 3 is 2.86 bits per heavy atom. The molecule has 1 saturated heterocycles. The average Bonchev–Trinajstić information content (AvgIpc) is 2.15. The molecule has 0 bridgehead atoms. The third kappa shape index (κ3) is 3.19. The third-order valence-electron chi connectivity index (χ3n) is 1.80. The second-order valence-electron chi connectivity index (χ2n) is 3.40. The van der Waals surface area contributed by atoms with Gasteiger partial charge in [-0.05, 0) is 20.5 Å². The molecule has 1 aliphatic rings. The van der Waals surface area contributed by atoms with Crippen molar-refractivity contribution in [3.63, 3.8) is 0 Å². The minimum Gasteiger partial charge on any atom is -0.374 e. The van der Waals surface area contributed by atoms with Crippen LogP contribution in [0.3, 0.4) is 0 Å². The average molecular weight is 217 g/mol. The highest BCUT2D eigenvalue weighted by Gasteiger charge is 2.21. The van der Waals surface area contributed by atoms with Gasteiger partial charge in [-0.1, -0.05) is 0 Å². The van der Waals surface area contributed by atoms with Crippen LogP contribution in [-0.4, -0.2) is 42.8 Å². The molecule has 80 valence electrons. The van der Waals surface area contributed by atoms with E-state index in [0.717, 1.165) is 23.7 Å². The highest BCUT2D eigenvalue weighted by Crippen LogP contribution is 2.22. The smallest absolute Gasteiger partial charge is 0.289 e. The Balaban J connectivity index is 2.77. The van der Waals surface area contributed by atoms with Gasteiger partial charge in [-0.3, -0.25) is 15.0 Å². The second kappa shape index (κ2) is 5.21. The maximum atomic E-state index is 10.8. The second-order valence-corrected chi connectivity index (χ2v) is 4.50. The van der Waals surface area contributed by atoms with Crippen molar-refractivity contribution in [3.05, 3.63) is 20.8 Å². The van der Waals surface area contributed by atoms with Crippen LogP contribution in [0.2, 0.25) is 0 Å². The molecule has 0 atom stereocenters. The van der Waals surface area contributed by atoms with Gasteiger partial charge in [0.2, 0.25) is 0 Å². The summed E-state index contributed by atoms with van der Waals surface area (Å²) < 4.78 is 0. The van der Waals surface area contributed by atoms with Crippen molar-refractivity contribution < 1.29 is 4.92 Å². The quantitative estimate of drug-likeness (QED) is 0.557. The summed E-state index contributed by atoms with van der Waals surface area (Å²) in [6.07, 6.45) is 1.07. The lowest BCUT2D eigenvalue weighted by molar-refractivity contribution is -0.428. The van der Waals surface area contributed by atoms with Gasteiger partial charge in [0.15, 0.2) is 0 Å². The first-order chi connectivity index (χ1) is 6.61. The predicted molar refractivity (Wildman–Crippen MR) is 57.7 cm³/mol. The fourth-order valence-corrected chi connectivity index (χ4v) is 2.20. The van der Waals surface area contributed by atoms with Gasteiger partial charge in [-0.25, -0.2) is 0 Å². The minimum atomic E-state index is -0.291. The maximum Gasteiger partial charge on any atom is 0.289 e. The molecule has 1 heterocycles. The molecule has 0 aromatic carbocycles. The molecule has 0 amide bonds. The molecule has 0 saturated carbocycles. The van der Waals surface area contributed by atoms with Gasteiger partial charge in [0, 0.05) is 12.3 Å². The Kier molecular flexibility index (Phi) is 4.21. The first-order valence-electron chi connectivity index (χ1n) is 4.50. The Hall–Kier alpha value is -0.750. The topological polar surface area (TPSA) is 58.4 Å². The summed E-state index contributed by atoms with van der Waals surface area (Å²) in [5.74, 6) is 0.965. The zero-order valence-electron chi connectivity index (χ0n) is 8.45. The highest BCUT2D eigenvalue weighted by atomic mass is 32.2. The normalized spacial score (nSPS) is 20.5. The molecule has 0 aliphatic carbocycles. The minimum absolute atomic E-state index is 0.278. The number of nitro groups is 1. The number of rotatable bonds is 3. The summed E-state index contributed by atoms with van der Waals surface area (Å²) in [5.41, 5.74) is 0.278. The van der Waals surface area contributed by atoms with Gasteiger partial charge in [0.05, 0.1) is 11.5 Å². The van der Waals surface area contributed by atoms with Crippen molar-refractivity contribution in [1.29, 1.82) is 0 Å². The van der Waals surface area contributed by atoms with Gasteiger partial charge in [0.25, 0.3) is 5.70 Å². The standard InChI is InChI=1S/C8H15N3O2S/c1-10(2)6-7(11(12)13)8-9-4-3-5-14-8/h9H,3-6H2,1-2H3/b8-7-. The predicted octanol–water partition coefficient (Wildman–Crippen LogP) is 0.720. The van der Waals surface area contributed by atoms with Crippen LogP contribution in [-0.2, 0) is 0 Å². The van der Waals surface area contributed by atoms with Gasteiger partial charge < -0.3 is 5.32 Å². The molecular formula is C8H15N3O2S. The molecule has 1 aliphatic heterocycles. The largest absolute Gasteiger partial charge is 0.374 e. The van der Waals surface area contributed by atoms with Gasteiger partial charge in [-0.15, -0.1) is 11.8 Å². The van der Waals surface area contributed by atoms with Crippen molar-refractivity contribution in [2.75, 3.05) is 32.9 Å². The SMILES string of the molecule is CN(C)C/C(=C1\NCCCS1)[N+](=O)[O-]. The Bertz CT molecular complexity index is 245. The first kappa shape index (κ1) is 11.3. The van der Waals surface area contributed by atoms with E-state index in [9.17, 15) is 10.1 Å². The molecule has 1 N–H and O–H groups in total. The van der Waals surface area contributed by atoms with Crippen molar-refractivity contribution in [1.82, 2.24) is 10.2 Å². The lowest BCUT2D eigenvalue weighted by Crippen LogP contribution is -2.27. The fraction of sp³-hybridized carbons (Fsp3) is 0.750. The summed E-state index contributed by atoms with van der Waals surface area (Å²) in [4.78, 5) is 12.3. The number of thioether (sulfide) groups is 1. The van der Waals surface area contributed by atoms with Crippen LogP contribution in [0, 0.1) is 10.1 Å². The third-order valence-corrected chi connectivity index (χ3v) is 2.96. The van der Waals surface area contributed by atoms with Crippen LogP contribution in [0.4, 0.5) is 0 Å². The maximum absolute atomic E-state index is 10.8. The first-order valence-corrected chi connectivity index (χ1v) is 5.48. The van der Waals surface area contributed by atoms with Crippen molar-refractivity contribution in [2.45, 2.75) is 6.42 Å². The van der Waals surface area contributed by atoms with Crippen LogP contribution in [0.1, 0.15) is 6.42 Å². The highest BCUT2D eigenvalue weighted by molar-refractivity contribution is 8.03. The van der Waals surface area contributed by atoms with E-state index in [2.05, 4.69) is 5.32 Å². The molecule has 0 aromatic heterocycles. The van der Waals surface area contributed by atoms with Crippen LogP contribution in [0.25, 0.3) is 0 Å². The van der Waals surface area contributed by atoms with Crippen LogP contribution in [0.5, 0.6) is 0 Å². The monoisotopic (exact) mass is 217 g/mol. The van der Waals surface area contributed by atoms with E-state index in [-0.39, 0.29) is 10.6 Å². The van der Waals surface area contributed by atoms with E-state index in [0.29, 0.717) is 6.54 Å². The van der Waals surface area contributed by atoms with E-state index >= 15 is 0 Å². The summed E-state index contributed by atoms with van der Waals surface area (Å²) in [5, 5.41) is 14.6. The van der Waals surface area contributed by atoms with Crippen LogP contribution < -0.4 is 5.32 Å². The zero-order valence-corrected chi connectivity index (χ0v) is 9.26. The number of nitrogens with one attached hydrogen (secondary N) is 1. The molecule has 0 unspecified atom stereocenters. The summed E-state index contributed by atoms with van der Waals surface area (Å²) in [7, 11) is 3.66. The molecule has 1 rings (SSSR count). The molecule has 1 fully saturated rings. The van der Waals surface area contributed by atoms with Gasteiger partial charge in [-0.2, -0.15) is 0 Å². The van der Waals surface area contributed by atoms with E-state index in [1.165, 1.54) is 0 Å². The number of nitrogens with zero attached hydrogens (tertiary/aromatic N) is 2. The molecule has 14 heavy (non-hydrogen) atoms. The van der Waals surface area contributed by atoms with E-state index in [4.69, 9.17) is 0 Å². The van der Waals surface area contributed by atoms with Crippen molar-refractivity contribution >= 4 is 11.8 Å². The van der Waals surface area contributed by atoms with Crippen LogP contribution >= 0.6 is 11.8 Å². The lowest BCUT2D eigenvalue weighted by atomic mass is 10.4. The molecule has 6 heteroatoms. The number of hydrogen-bond acceptors (Lipinski definition) is 5. The van der Waals surface area contributed by atoms with E-state index in [1.807, 2.05) is 19.0 Å². The zero-order chi connectivity index (χ0) is 10.6. The Labute approximate surface area is 87.7 Å². The summed E-state index contributed by atoms with van der Waals surface area (Å²) in [6.45, 7) is 1.22. The number of likely N-dealkylation sites (N-methyl/N-ethyl adjacent to an activating group) is 1. The van der Waals surface area contributed by atoms with E-state index < -0.39 is 0 Å². The lowest BCUT2D eigenvalue weighted by Gasteiger charge is -2.17. The molecule has 0 radical (unpaired) electrons. The molecule has 0 spiro atoms. The Morgan fingerprint density at radius 2 is 2.43 bits per heavy atom. The van der Waals surface area contributed by atoms with Crippen molar-refractivity contribution in [2.24, 2.45) is 0 Å².